The van der Waals surface area contributed by atoms with Gasteiger partial charge in [-0.3, -0.25) is 4.79 Å². The van der Waals surface area contributed by atoms with Crippen LogP contribution in [0.4, 0.5) is 13.2 Å². The molecule has 0 bridgehead atoms. The van der Waals surface area contributed by atoms with Crippen LogP contribution in [-0.4, -0.2) is 15.3 Å². The van der Waals surface area contributed by atoms with Gasteiger partial charge in [0.1, 0.15) is 5.65 Å². The average Bonchev–Trinajstić information content (AvgIpc) is 3.19. The zero-order valence-electron chi connectivity index (χ0n) is 16.3. The van der Waals surface area contributed by atoms with E-state index in [0.717, 1.165) is 29.0 Å². The maximum Gasteiger partial charge on any atom is 0.417 e. The lowest BCUT2D eigenvalue weighted by atomic mass is 10.0. The SMILES string of the molecule is O=C(/C=C/c1ccc(-c2ccccc2)cc1)NCc1cn2cc(C(F)(F)F)ccc2n1. The van der Waals surface area contributed by atoms with Crippen molar-refractivity contribution in [2.45, 2.75) is 12.7 Å². The molecule has 0 atom stereocenters. The highest BCUT2D eigenvalue weighted by atomic mass is 19.4. The first kappa shape index (κ1) is 20.4. The molecule has 4 nitrogen and oxygen atoms in total. The number of aromatic nitrogens is 2. The van der Waals surface area contributed by atoms with Crippen LogP contribution in [0.15, 0.2) is 85.2 Å². The lowest BCUT2D eigenvalue weighted by molar-refractivity contribution is -0.137. The Hall–Kier alpha value is -3.87. The van der Waals surface area contributed by atoms with Crippen LogP contribution in [0.2, 0.25) is 0 Å². The predicted molar refractivity (Wildman–Crippen MR) is 113 cm³/mol. The van der Waals surface area contributed by atoms with Crippen molar-refractivity contribution < 1.29 is 18.0 Å². The molecule has 0 aliphatic heterocycles. The number of alkyl halides is 3. The molecule has 1 amide bonds. The van der Waals surface area contributed by atoms with Crippen molar-refractivity contribution in [1.29, 1.82) is 0 Å². The number of hydrogen-bond donors (Lipinski definition) is 1. The van der Waals surface area contributed by atoms with Gasteiger partial charge in [0, 0.05) is 18.5 Å². The summed E-state index contributed by atoms with van der Waals surface area (Å²) in [7, 11) is 0. The van der Waals surface area contributed by atoms with Gasteiger partial charge in [-0.05, 0) is 34.9 Å². The number of rotatable bonds is 5. The molecule has 7 heteroatoms. The number of benzene rings is 2. The lowest BCUT2D eigenvalue weighted by Crippen LogP contribution is -2.20. The summed E-state index contributed by atoms with van der Waals surface area (Å²) in [5.74, 6) is -0.319. The lowest BCUT2D eigenvalue weighted by Gasteiger charge is -2.05. The largest absolute Gasteiger partial charge is 0.417 e. The van der Waals surface area contributed by atoms with E-state index in [-0.39, 0.29) is 12.5 Å². The van der Waals surface area contributed by atoms with Gasteiger partial charge in [0.15, 0.2) is 0 Å². The third kappa shape index (κ3) is 5.01. The molecule has 4 aromatic rings. The zero-order valence-corrected chi connectivity index (χ0v) is 16.3. The molecular formula is C24H18F3N3O. The number of carbonyl (C=O) groups is 1. The minimum absolute atomic E-state index is 0.110. The number of fused-ring (bicyclic) bond motifs is 1. The minimum Gasteiger partial charge on any atom is -0.347 e. The molecule has 2 aromatic carbocycles. The standard InChI is InChI=1S/C24H18F3N3O/c25-24(26,27)20-11-12-22-29-21(16-30(22)15-20)14-28-23(31)13-8-17-6-9-19(10-7-17)18-4-2-1-3-5-18/h1-13,15-16H,14H2,(H,28,31)/b13-8+. The first-order valence-corrected chi connectivity index (χ1v) is 9.55. The van der Waals surface area contributed by atoms with Crippen molar-refractivity contribution in [3.05, 3.63) is 102 Å². The Labute approximate surface area is 176 Å². The number of halogens is 3. The van der Waals surface area contributed by atoms with Crippen LogP contribution < -0.4 is 5.32 Å². The summed E-state index contributed by atoms with van der Waals surface area (Å²) < 4.78 is 39.7. The Balaban J connectivity index is 1.36. The summed E-state index contributed by atoms with van der Waals surface area (Å²) in [4.78, 5) is 16.3. The maximum absolute atomic E-state index is 12.8. The van der Waals surface area contributed by atoms with Gasteiger partial charge in [0.25, 0.3) is 0 Å². The normalized spacial score (nSPS) is 11.8. The smallest absolute Gasteiger partial charge is 0.347 e. The quantitative estimate of drug-likeness (QED) is 0.442. The van der Waals surface area contributed by atoms with Crippen molar-refractivity contribution >= 4 is 17.6 Å². The number of nitrogens with zero attached hydrogens (tertiary/aromatic N) is 2. The molecule has 0 radical (unpaired) electrons. The highest BCUT2D eigenvalue weighted by Crippen LogP contribution is 2.29. The van der Waals surface area contributed by atoms with E-state index < -0.39 is 11.7 Å². The van der Waals surface area contributed by atoms with Crippen molar-refractivity contribution in [2.75, 3.05) is 0 Å². The Bertz CT molecular complexity index is 1230. The van der Waals surface area contributed by atoms with Crippen LogP contribution in [0.5, 0.6) is 0 Å². The summed E-state index contributed by atoms with van der Waals surface area (Å²) in [6.45, 7) is 0.110. The van der Waals surface area contributed by atoms with Gasteiger partial charge < -0.3 is 9.72 Å². The first-order chi connectivity index (χ1) is 14.9. The molecule has 156 valence electrons. The Morgan fingerprint density at radius 3 is 2.35 bits per heavy atom. The molecular weight excluding hydrogens is 403 g/mol. The van der Waals surface area contributed by atoms with Gasteiger partial charge in [-0.2, -0.15) is 13.2 Å². The summed E-state index contributed by atoms with van der Waals surface area (Å²) in [6.07, 6.45) is 1.14. The highest BCUT2D eigenvalue weighted by molar-refractivity contribution is 5.91. The third-order valence-electron chi connectivity index (χ3n) is 4.72. The van der Waals surface area contributed by atoms with Crippen LogP contribution >= 0.6 is 0 Å². The van der Waals surface area contributed by atoms with E-state index in [4.69, 9.17) is 0 Å². The summed E-state index contributed by atoms with van der Waals surface area (Å²) in [5.41, 5.74) is 3.17. The minimum atomic E-state index is -4.42. The summed E-state index contributed by atoms with van der Waals surface area (Å²) in [5, 5.41) is 2.69. The summed E-state index contributed by atoms with van der Waals surface area (Å²) in [6, 6.07) is 20.1. The molecule has 0 spiro atoms. The predicted octanol–water partition coefficient (Wildman–Crippen LogP) is 5.35. The van der Waals surface area contributed by atoms with Crippen molar-refractivity contribution in [3.8, 4) is 11.1 Å². The van der Waals surface area contributed by atoms with E-state index in [9.17, 15) is 18.0 Å². The van der Waals surface area contributed by atoms with Gasteiger partial charge >= 0.3 is 6.18 Å². The molecule has 2 aromatic heterocycles. The number of nitrogens with one attached hydrogen (secondary N) is 1. The van der Waals surface area contributed by atoms with E-state index in [1.165, 1.54) is 22.7 Å². The van der Waals surface area contributed by atoms with Crippen LogP contribution in [0.3, 0.4) is 0 Å². The second-order valence-corrected chi connectivity index (χ2v) is 6.95. The van der Waals surface area contributed by atoms with E-state index in [0.29, 0.717) is 11.3 Å². The Kier molecular flexibility index (Phi) is 5.58. The monoisotopic (exact) mass is 421 g/mol. The van der Waals surface area contributed by atoms with Crippen molar-refractivity contribution in [3.63, 3.8) is 0 Å². The fourth-order valence-corrected chi connectivity index (χ4v) is 3.12. The highest BCUT2D eigenvalue weighted by Gasteiger charge is 2.30. The van der Waals surface area contributed by atoms with Gasteiger partial charge in [0.05, 0.1) is 17.8 Å². The Morgan fingerprint density at radius 1 is 0.935 bits per heavy atom. The van der Waals surface area contributed by atoms with E-state index in [1.807, 2.05) is 54.6 Å². The first-order valence-electron chi connectivity index (χ1n) is 9.55. The molecule has 0 aliphatic rings. The van der Waals surface area contributed by atoms with Gasteiger partial charge in [0.2, 0.25) is 5.91 Å². The topological polar surface area (TPSA) is 46.4 Å². The fourth-order valence-electron chi connectivity index (χ4n) is 3.12. The van der Waals surface area contributed by atoms with Gasteiger partial charge in [-0.25, -0.2) is 4.98 Å². The Morgan fingerprint density at radius 2 is 1.65 bits per heavy atom. The fraction of sp³-hybridized carbons (Fsp3) is 0.0833. The van der Waals surface area contributed by atoms with Gasteiger partial charge in [-0.1, -0.05) is 54.6 Å². The van der Waals surface area contributed by atoms with Crippen LogP contribution in [-0.2, 0) is 17.5 Å². The van der Waals surface area contributed by atoms with E-state index >= 15 is 0 Å². The van der Waals surface area contributed by atoms with Gasteiger partial charge in [-0.15, -0.1) is 0 Å². The number of pyridine rings is 1. The number of carbonyl (C=O) groups excluding carboxylic acids is 1. The van der Waals surface area contributed by atoms with Crippen LogP contribution in [0, 0.1) is 0 Å². The molecule has 2 heterocycles. The third-order valence-corrected chi connectivity index (χ3v) is 4.72. The molecule has 0 fully saturated rings. The molecule has 0 saturated heterocycles. The molecule has 0 aliphatic carbocycles. The molecule has 1 N–H and O–H groups in total. The zero-order chi connectivity index (χ0) is 21.8. The second-order valence-electron chi connectivity index (χ2n) is 6.95. The van der Waals surface area contributed by atoms with Crippen LogP contribution in [0.1, 0.15) is 16.8 Å². The van der Waals surface area contributed by atoms with Crippen molar-refractivity contribution in [1.82, 2.24) is 14.7 Å². The summed E-state index contributed by atoms with van der Waals surface area (Å²) >= 11 is 0. The number of hydrogen-bond acceptors (Lipinski definition) is 2. The average molecular weight is 421 g/mol. The molecule has 31 heavy (non-hydrogen) atoms. The molecule has 0 unspecified atom stereocenters. The number of imidazole rings is 1. The molecule has 0 saturated carbocycles. The number of amides is 1. The molecule has 4 rings (SSSR count). The van der Waals surface area contributed by atoms with E-state index in [1.54, 1.807) is 6.08 Å². The van der Waals surface area contributed by atoms with Crippen LogP contribution in [0.25, 0.3) is 22.9 Å². The van der Waals surface area contributed by atoms with Crippen molar-refractivity contribution in [2.24, 2.45) is 0 Å². The maximum atomic E-state index is 12.8. The van der Waals surface area contributed by atoms with E-state index in [2.05, 4.69) is 10.3 Å². The second kappa shape index (κ2) is 8.47.